The summed E-state index contributed by atoms with van der Waals surface area (Å²) in [6.07, 6.45) is 3.08. The van der Waals surface area contributed by atoms with Crippen LogP contribution in [0.3, 0.4) is 0 Å². The zero-order valence-electron chi connectivity index (χ0n) is 13.9. The van der Waals surface area contributed by atoms with E-state index < -0.39 is 11.5 Å². The maximum Gasteiger partial charge on any atom is 0.374 e. The second kappa shape index (κ2) is 6.40. The summed E-state index contributed by atoms with van der Waals surface area (Å²) in [5.74, 6) is -0.237. The van der Waals surface area contributed by atoms with Crippen LogP contribution in [0.4, 0.5) is 0 Å². The normalized spacial score (nSPS) is 13.2. The molecule has 0 aromatic carbocycles. The molecule has 0 aliphatic heterocycles. The third-order valence-electron chi connectivity index (χ3n) is 4.30. The Bertz CT molecular complexity index is 975. The molecule has 7 nitrogen and oxygen atoms in total. The lowest BCUT2D eigenvalue weighted by atomic mass is 9.89. The van der Waals surface area contributed by atoms with Crippen molar-refractivity contribution in [3.05, 3.63) is 56.4 Å². The van der Waals surface area contributed by atoms with Crippen molar-refractivity contribution in [3.8, 4) is 6.07 Å². The molecule has 0 radical (unpaired) electrons. The first-order valence-electron chi connectivity index (χ1n) is 7.83. The van der Waals surface area contributed by atoms with Gasteiger partial charge in [-0.05, 0) is 31.4 Å². The van der Waals surface area contributed by atoms with Gasteiger partial charge in [-0.3, -0.25) is 9.59 Å². The van der Waals surface area contributed by atoms with E-state index in [-0.39, 0.29) is 23.7 Å². The first-order valence-corrected chi connectivity index (χ1v) is 7.83. The van der Waals surface area contributed by atoms with Gasteiger partial charge in [-0.15, -0.1) is 0 Å². The second-order valence-corrected chi connectivity index (χ2v) is 5.93. The highest BCUT2D eigenvalue weighted by atomic mass is 16.5. The number of rotatable bonds is 3. The van der Waals surface area contributed by atoms with Crippen molar-refractivity contribution < 1.29 is 18.7 Å². The Balaban J connectivity index is 2.06. The number of esters is 1. The van der Waals surface area contributed by atoms with Crippen LogP contribution in [-0.4, -0.2) is 23.4 Å². The molecule has 2 aromatic heterocycles. The molecule has 0 saturated heterocycles. The maximum atomic E-state index is 12.6. The number of carbonyl (C=O) groups excluding carboxylic acids is 2. The molecule has 25 heavy (non-hydrogen) atoms. The zero-order valence-corrected chi connectivity index (χ0v) is 13.9. The van der Waals surface area contributed by atoms with Gasteiger partial charge in [0.1, 0.15) is 17.4 Å². The van der Waals surface area contributed by atoms with Crippen LogP contribution in [0.25, 0.3) is 0 Å². The highest BCUT2D eigenvalue weighted by Gasteiger charge is 2.24. The van der Waals surface area contributed by atoms with Gasteiger partial charge in [-0.25, -0.2) is 4.79 Å². The Morgan fingerprint density at radius 3 is 2.84 bits per heavy atom. The topological polar surface area (TPSA) is 102 Å². The number of furan rings is 1. The number of pyridine rings is 1. The second-order valence-electron chi connectivity index (χ2n) is 5.93. The molecule has 0 unspecified atom stereocenters. The van der Waals surface area contributed by atoms with Crippen LogP contribution < -0.4 is 5.56 Å². The third-order valence-corrected chi connectivity index (χ3v) is 4.30. The predicted octanol–water partition coefficient (Wildman–Crippen LogP) is 1.98. The van der Waals surface area contributed by atoms with E-state index >= 15 is 0 Å². The van der Waals surface area contributed by atoms with Gasteiger partial charge in [0.15, 0.2) is 5.78 Å². The molecule has 0 bridgehead atoms. The molecule has 0 fully saturated rings. The van der Waals surface area contributed by atoms with Crippen molar-refractivity contribution in [2.45, 2.75) is 32.7 Å². The minimum Gasteiger partial charge on any atom is -0.463 e. The monoisotopic (exact) mass is 340 g/mol. The van der Waals surface area contributed by atoms with Gasteiger partial charge in [0.05, 0.1) is 13.7 Å². The molecule has 0 atom stereocenters. The predicted molar refractivity (Wildman–Crippen MR) is 86.6 cm³/mol. The number of ketones is 1. The molecule has 2 heterocycles. The molecule has 0 N–H and O–H groups in total. The van der Waals surface area contributed by atoms with Crippen molar-refractivity contribution >= 4 is 11.8 Å². The Kier molecular flexibility index (Phi) is 4.28. The summed E-state index contributed by atoms with van der Waals surface area (Å²) < 4.78 is 11.4. The van der Waals surface area contributed by atoms with Crippen LogP contribution >= 0.6 is 0 Å². The first-order chi connectivity index (χ1) is 12.0. The summed E-state index contributed by atoms with van der Waals surface area (Å²) in [5.41, 5.74) is 1.07. The highest BCUT2D eigenvalue weighted by Crippen LogP contribution is 2.23. The lowest BCUT2D eigenvalue weighted by molar-refractivity contribution is 0.0561. The fourth-order valence-electron chi connectivity index (χ4n) is 3.08. The van der Waals surface area contributed by atoms with E-state index in [1.54, 1.807) is 13.0 Å². The van der Waals surface area contributed by atoms with Gasteiger partial charge in [-0.2, -0.15) is 5.26 Å². The minimum absolute atomic E-state index is 0.00187. The van der Waals surface area contributed by atoms with E-state index in [0.717, 1.165) is 0 Å². The summed E-state index contributed by atoms with van der Waals surface area (Å²) in [6, 6.07) is 3.55. The molecular weight excluding hydrogens is 324 g/mol. The average Bonchev–Trinajstić information content (AvgIpc) is 2.96. The van der Waals surface area contributed by atoms with E-state index in [1.807, 2.05) is 6.07 Å². The number of fused-ring (bicyclic) bond motifs is 1. The number of nitriles is 1. The van der Waals surface area contributed by atoms with Crippen LogP contribution in [0.5, 0.6) is 0 Å². The Labute approximate surface area is 143 Å². The average molecular weight is 340 g/mol. The number of aromatic nitrogens is 1. The number of hydrogen-bond acceptors (Lipinski definition) is 6. The molecular formula is C18H16N2O5. The molecule has 3 rings (SSSR count). The van der Waals surface area contributed by atoms with Crippen molar-refractivity contribution in [2.24, 2.45) is 0 Å². The van der Waals surface area contributed by atoms with E-state index in [2.05, 4.69) is 4.74 Å². The van der Waals surface area contributed by atoms with Gasteiger partial charge >= 0.3 is 5.97 Å². The highest BCUT2D eigenvalue weighted by molar-refractivity contribution is 5.98. The quantitative estimate of drug-likeness (QED) is 0.792. The Hall–Kier alpha value is -3.14. The van der Waals surface area contributed by atoms with E-state index in [4.69, 9.17) is 4.42 Å². The van der Waals surface area contributed by atoms with Crippen molar-refractivity contribution in [2.75, 3.05) is 7.11 Å². The number of hydrogen-bond donors (Lipinski definition) is 0. The zero-order chi connectivity index (χ0) is 18.1. The minimum atomic E-state index is -0.602. The summed E-state index contributed by atoms with van der Waals surface area (Å²) in [5, 5.41) is 9.34. The molecule has 128 valence electrons. The fraction of sp³-hybridized carbons (Fsp3) is 0.333. The lowest BCUT2D eigenvalue weighted by Gasteiger charge is -2.17. The maximum absolute atomic E-state index is 12.6. The van der Waals surface area contributed by atoms with E-state index in [9.17, 15) is 19.6 Å². The van der Waals surface area contributed by atoms with Gasteiger partial charge < -0.3 is 13.7 Å². The van der Waals surface area contributed by atoms with Crippen molar-refractivity contribution in [1.82, 2.24) is 4.57 Å². The van der Waals surface area contributed by atoms with Crippen molar-refractivity contribution in [3.63, 3.8) is 0 Å². The third kappa shape index (κ3) is 2.87. The SMILES string of the molecule is COC(=O)c1oc(Cn2cc3c(c(C#N)c2=O)CCCC3=O)cc1C. The molecule has 0 amide bonds. The summed E-state index contributed by atoms with van der Waals surface area (Å²) in [7, 11) is 1.25. The van der Waals surface area contributed by atoms with Gasteiger partial charge in [-0.1, -0.05) is 0 Å². The van der Waals surface area contributed by atoms with Gasteiger partial charge in [0, 0.05) is 23.7 Å². The number of aryl methyl sites for hydroxylation is 1. The first kappa shape index (κ1) is 16.7. The molecule has 0 saturated carbocycles. The summed E-state index contributed by atoms with van der Waals surface area (Å²) >= 11 is 0. The molecule has 1 aliphatic rings. The van der Waals surface area contributed by atoms with Gasteiger partial charge in [0.25, 0.3) is 5.56 Å². The van der Waals surface area contributed by atoms with Crippen LogP contribution in [0.1, 0.15) is 56.2 Å². The van der Waals surface area contributed by atoms with Crippen LogP contribution in [0.2, 0.25) is 0 Å². The molecule has 1 aliphatic carbocycles. The Morgan fingerprint density at radius 1 is 1.40 bits per heavy atom. The smallest absolute Gasteiger partial charge is 0.374 e. The number of ether oxygens (including phenoxy) is 1. The van der Waals surface area contributed by atoms with Crippen molar-refractivity contribution in [1.29, 1.82) is 5.26 Å². The van der Waals surface area contributed by atoms with Crippen LogP contribution in [-0.2, 0) is 17.7 Å². The van der Waals surface area contributed by atoms with Crippen LogP contribution in [0.15, 0.2) is 21.5 Å². The van der Waals surface area contributed by atoms with Crippen LogP contribution in [0, 0.1) is 18.3 Å². The number of methoxy groups -OCH3 is 1. The molecule has 0 spiro atoms. The fourth-order valence-corrected chi connectivity index (χ4v) is 3.08. The summed E-state index contributed by atoms with van der Waals surface area (Å²) in [4.78, 5) is 36.3. The number of nitrogens with zero attached hydrogens (tertiary/aromatic N) is 2. The largest absolute Gasteiger partial charge is 0.463 e. The van der Waals surface area contributed by atoms with E-state index in [0.29, 0.717) is 41.7 Å². The number of carbonyl (C=O) groups is 2. The number of Topliss-reactive ketones (excluding diaryl/α,β-unsaturated/α-hetero) is 1. The Morgan fingerprint density at radius 2 is 2.16 bits per heavy atom. The molecule has 7 heteroatoms. The standard InChI is InChI=1S/C18H16N2O5/c1-10-6-11(25-16(10)18(23)24-2)8-20-9-14-12(4-3-5-15(14)21)13(7-19)17(20)22/h6,9H,3-5,8H2,1-2H3. The lowest BCUT2D eigenvalue weighted by Crippen LogP contribution is -2.28. The van der Waals surface area contributed by atoms with Gasteiger partial charge in [0.2, 0.25) is 5.76 Å². The molecule has 2 aromatic rings. The summed E-state index contributed by atoms with van der Waals surface area (Å²) in [6.45, 7) is 1.71. The van der Waals surface area contributed by atoms with E-state index in [1.165, 1.54) is 17.9 Å².